The van der Waals surface area contributed by atoms with Crippen molar-refractivity contribution in [1.29, 1.82) is 0 Å². The number of rotatable bonds is 4. The number of aromatic nitrogens is 2. The molecule has 7 heteroatoms. The molecule has 3 aromatic rings. The Balaban J connectivity index is 1.29. The average molecular weight is 365 g/mol. The van der Waals surface area contributed by atoms with E-state index < -0.39 is 5.97 Å². The van der Waals surface area contributed by atoms with Gasteiger partial charge in [-0.25, -0.2) is 14.8 Å². The molecule has 0 radical (unpaired) electrons. The Morgan fingerprint density at radius 1 is 1.11 bits per heavy atom. The van der Waals surface area contributed by atoms with Gasteiger partial charge in [0.1, 0.15) is 11.2 Å². The topological polar surface area (TPSA) is 85.5 Å². The Hall–Kier alpha value is -3.22. The number of oxazole rings is 1. The number of piperidine rings is 1. The van der Waals surface area contributed by atoms with Crippen LogP contribution in [0.2, 0.25) is 0 Å². The average Bonchev–Trinajstić information content (AvgIpc) is 3.17. The fourth-order valence-electron chi connectivity index (χ4n) is 3.22. The third kappa shape index (κ3) is 3.81. The van der Waals surface area contributed by atoms with Gasteiger partial charge in [-0.1, -0.05) is 18.2 Å². The number of likely N-dealkylation sites (tertiary alicyclic amines) is 1. The molecule has 1 amide bonds. The highest BCUT2D eigenvalue weighted by Gasteiger charge is 2.27. The fourth-order valence-corrected chi connectivity index (χ4v) is 3.22. The Morgan fingerprint density at radius 2 is 1.89 bits per heavy atom. The van der Waals surface area contributed by atoms with E-state index in [9.17, 15) is 9.59 Å². The lowest BCUT2D eigenvalue weighted by Crippen LogP contribution is -2.40. The van der Waals surface area contributed by atoms with Crippen molar-refractivity contribution in [2.45, 2.75) is 18.8 Å². The molecular weight excluding hydrogens is 346 g/mol. The van der Waals surface area contributed by atoms with Gasteiger partial charge in [0.2, 0.25) is 0 Å². The summed E-state index contributed by atoms with van der Waals surface area (Å²) in [5.74, 6) is 0.128. The molecule has 1 fully saturated rings. The number of pyridine rings is 1. The van der Waals surface area contributed by atoms with Gasteiger partial charge < -0.3 is 14.1 Å². The molecule has 0 bridgehead atoms. The molecule has 27 heavy (non-hydrogen) atoms. The van der Waals surface area contributed by atoms with Crippen molar-refractivity contribution in [3.8, 4) is 0 Å². The smallest absolute Gasteiger partial charge is 0.357 e. The second-order valence-electron chi connectivity index (χ2n) is 6.47. The van der Waals surface area contributed by atoms with Crippen LogP contribution in [0, 0.1) is 0 Å². The Labute approximate surface area is 156 Å². The van der Waals surface area contributed by atoms with Gasteiger partial charge in [-0.15, -0.1) is 0 Å². The zero-order chi connectivity index (χ0) is 18.6. The second-order valence-corrected chi connectivity index (χ2v) is 6.47. The predicted octanol–water partition coefficient (Wildman–Crippen LogP) is 2.79. The first-order valence-electron chi connectivity index (χ1n) is 8.92. The van der Waals surface area contributed by atoms with Gasteiger partial charge in [-0.05, 0) is 37.1 Å². The maximum Gasteiger partial charge on any atom is 0.357 e. The number of carbonyl (C=O) groups is 2. The number of esters is 1. The van der Waals surface area contributed by atoms with Gasteiger partial charge in [0, 0.05) is 25.2 Å². The van der Waals surface area contributed by atoms with Crippen LogP contribution in [0.1, 0.15) is 35.1 Å². The van der Waals surface area contributed by atoms with Crippen molar-refractivity contribution in [3.63, 3.8) is 0 Å². The Kier molecular flexibility index (Phi) is 4.82. The summed E-state index contributed by atoms with van der Waals surface area (Å²) in [4.78, 5) is 34.4. The lowest BCUT2D eigenvalue weighted by Gasteiger charge is -2.30. The van der Waals surface area contributed by atoms with Crippen LogP contribution in [-0.2, 0) is 9.53 Å². The van der Waals surface area contributed by atoms with Crippen LogP contribution in [0.25, 0.3) is 11.1 Å². The van der Waals surface area contributed by atoms with Crippen molar-refractivity contribution < 1.29 is 18.7 Å². The number of benzene rings is 1. The number of ether oxygens (including phenoxy) is 1. The lowest BCUT2D eigenvalue weighted by molar-refractivity contribution is -0.135. The number of para-hydroxylation sites is 2. The predicted molar refractivity (Wildman–Crippen MR) is 97.1 cm³/mol. The molecule has 1 aliphatic rings. The molecular formula is C20H19N3O4. The van der Waals surface area contributed by atoms with Crippen molar-refractivity contribution in [3.05, 3.63) is 60.2 Å². The summed E-state index contributed by atoms with van der Waals surface area (Å²) in [6, 6.07) is 12.6. The van der Waals surface area contributed by atoms with Crippen LogP contribution in [0.3, 0.4) is 0 Å². The molecule has 0 atom stereocenters. The summed E-state index contributed by atoms with van der Waals surface area (Å²) in [7, 11) is 0. The van der Waals surface area contributed by atoms with E-state index in [1.165, 1.54) is 6.20 Å². The summed E-state index contributed by atoms with van der Waals surface area (Å²) in [6.45, 7) is 0.898. The van der Waals surface area contributed by atoms with E-state index in [1.807, 2.05) is 24.3 Å². The molecule has 1 aliphatic heterocycles. The molecule has 7 nitrogen and oxygen atoms in total. The van der Waals surface area contributed by atoms with Crippen LogP contribution in [0.5, 0.6) is 0 Å². The molecule has 0 spiro atoms. The molecule has 2 aromatic heterocycles. The first-order chi connectivity index (χ1) is 13.2. The molecule has 138 valence electrons. The van der Waals surface area contributed by atoms with Crippen LogP contribution in [0.4, 0.5) is 0 Å². The monoisotopic (exact) mass is 365 g/mol. The summed E-state index contributed by atoms with van der Waals surface area (Å²) >= 11 is 0. The highest BCUT2D eigenvalue weighted by atomic mass is 16.5. The van der Waals surface area contributed by atoms with E-state index >= 15 is 0 Å². The zero-order valence-electron chi connectivity index (χ0n) is 14.7. The zero-order valence-corrected chi connectivity index (χ0v) is 14.7. The normalized spacial score (nSPS) is 15.0. The van der Waals surface area contributed by atoms with Crippen LogP contribution < -0.4 is 0 Å². The first kappa shape index (κ1) is 17.2. The van der Waals surface area contributed by atoms with Crippen LogP contribution >= 0.6 is 0 Å². The summed E-state index contributed by atoms with van der Waals surface area (Å²) in [5, 5.41) is 0. The molecule has 0 aliphatic carbocycles. The van der Waals surface area contributed by atoms with Crippen molar-refractivity contribution in [2.75, 3.05) is 19.7 Å². The van der Waals surface area contributed by atoms with Crippen LogP contribution in [0.15, 0.2) is 53.1 Å². The minimum Gasteiger partial charge on any atom is -0.451 e. The molecule has 4 rings (SSSR count). The van der Waals surface area contributed by atoms with Crippen molar-refractivity contribution >= 4 is 23.0 Å². The van der Waals surface area contributed by atoms with Gasteiger partial charge in [0.15, 0.2) is 18.1 Å². The van der Waals surface area contributed by atoms with Crippen molar-refractivity contribution in [2.24, 2.45) is 0 Å². The van der Waals surface area contributed by atoms with E-state index in [0.29, 0.717) is 13.1 Å². The maximum atomic E-state index is 12.3. The first-order valence-corrected chi connectivity index (χ1v) is 8.92. The number of hydrogen-bond acceptors (Lipinski definition) is 6. The quantitative estimate of drug-likeness (QED) is 0.661. The second kappa shape index (κ2) is 7.57. The number of hydrogen-bond donors (Lipinski definition) is 0. The summed E-state index contributed by atoms with van der Waals surface area (Å²) in [5.41, 5.74) is 1.83. The minimum atomic E-state index is -0.592. The fraction of sp³-hybridized carbons (Fsp3) is 0.300. The molecule has 0 saturated carbocycles. The van der Waals surface area contributed by atoms with Gasteiger partial charge in [-0.2, -0.15) is 0 Å². The molecule has 0 unspecified atom stereocenters. The van der Waals surface area contributed by atoms with E-state index in [1.54, 1.807) is 23.1 Å². The number of nitrogens with zero attached hydrogens (tertiary/aromatic N) is 3. The molecule has 1 aromatic carbocycles. The Morgan fingerprint density at radius 3 is 2.63 bits per heavy atom. The standard InChI is InChI=1S/C20H19N3O4/c24-18(13-26-20(25)16-6-3-4-10-21-16)23-11-8-14(9-12-23)19-22-15-5-1-2-7-17(15)27-19/h1-7,10,14H,8-9,11-13H2. The summed E-state index contributed by atoms with van der Waals surface area (Å²) < 4.78 is 10.9. The molecule has 0 N–H and O–H groups in total. The van der Waals surface area contributed by atoms with Gasteiger partial charge in [0.05, 0.1) is 0 Å². The van der Waals surface area contributed by atoms with Gasteiger partial charge in [-0.3, -0.25) is 4.79 Å². The number of fused-ring (bicyclic) bond motifs is 1. The van der Waals surface area contributed by atoms with E-state index in [-0.39, 0.29) is 24.1 Å². The van der Waals surface area contributed by atoms with Crippen molar-refractivity contribution in [1.82, 2.24) is 14.9 Å². The Bertz CT molecular complexity index is 913. The molecule has 1 saturated heterocycles. The third-order valence-electron chi connectivity index (χ3n) is 4.71. The van der Waals surface area contributed by atoms with Crippen LogP contribution in [-0.4, -0.2) is 46.4 Å². The van der Waals surface area contributed by atoms with E-state index in [4.69, 9.17) is 9.15 Å². The largest absolute Gasteiger partial charge is 0.451 e. The number of carbonyl (C=O) groups excluding carboxylic acids is 2. The minimum absolute atomic E-state index is 0.192. The third-order valence-corrected chi connectivity index (χ3v) is 4.71. The van der Waals surface area contributed by atoms with E-state index in [0.717, 1.165) is 29.8 Å². The lowest BCUT2D eigenvalue weighted by atomic mass is 9.97. The maximum absolute atomic E-state index is 12.3. The van der Waals surface area contributed by atoms with E-state index in [2.05, 4.69) is 9.97 Å². The highest BCUT2D eigenvalue weighted by Crippen LogP contribution is 2.29. The highest BCUT2D eigenvalue weighted by molar-refractivity contribution is 5.89. The SMILES string of the molecule is O=C(OCC(=O)N1CCC(c2nc3ccccc3o2)CC1)c1ccccn1. The molecule has 3 heterocycles. The van der Waals surface area contributed by atoms with Gasteiger partial charge in [0.25, 0.3) is 5.91 Å². The van der Waals surface area contributed by atoms with Gasteiger partial charge >= 0.3 is 5.97 Å². The summed E-state index contributed by atoms with van der Waals surface area (Å²) in [6.07, 6.45) is 3.05. The number of amides is 1.